The molecular weight excluding hydrogens is 188 g/mol. The molecule has 4 N–H and O–H groups in total. The predicted molar refractivity (Wildman–Crippen MR) is 60.1 cm³/mol. The van der Waals surface area contributed by atoms with Crippen LogP contribution in [0.3, 0.4) is 0 Å². The van der Waals surface area contributed by atoms with E-state index < -0.39 is 0 Å². The van der Waals surface area contributed by atoms with Gasteiger partial charge in [0, 0.05) is 5.56 Å². The fourth-order valence-electron chi connectivity index (χ4n) is 1.42. The minimum atomic E-state index is -0.351. The molecule has 0 saturated heterocycles. The molecule has 0 aliphatic carbocycles. The molecule has 0 saturated carbocycles. The quantitative estimate of drug-likeness (QED) is 0.758. The Balaban J connectivity index is 2.56. The first-order valence-corrected chi connectivity index (χ1v) is 5.34. The molecule has 3 nitrogen and oxygen atoms in total. The standard InChI is InChI=1S/C12H18N2O/c1-3-11(13)12(15)14-9(2)10-7-5-4-6-8-10/h4-9,11H,3,13H2,1-2H3,(H,14,15)/p+1/t9?,11-/m1/s1. The Morgan fingerprint density at radius 1 is 1.40 bits per heavy atom. The molecule has 0 aliphatic heterocycles. The van der Waals surface area contributed by atoms with Crippen LogP contribution in [-0.4, -0.2) is 11.9 Å². The molecule has 1 rings (SSSR count). The topological polar surface area (TPSA) is 59.7 Å². The van der Waals surface area contributed by atoms with Crippen LogP contribution in [-0.2, 0) is 4.79 Å². The van der Waals surface area contributed by atoms with Gasteiger partial charge in [-0.25, -0.2) is 4.79 Å². The van der Waals surface area contributed by atoms with Gasteiger partial charge in [-0.1, -0.05) is 37.3 Å². The number of rotatable bonds is 4. The molecule has 82 valence electrons. The van der Waals surface area contributed by atoms with Gasteiger partial charge in [0.2, 0.25) is 0 Å². The van der Waals surface area contributed by atoms with Gasteiger partial charge < -0.3 is 5.73 Å². The average molecular weight is 207 g/mol. The molecule has 1 aromatic rings. The fourth-order valence-corrected chi connectivity index (χ4v) is 1.42. The van der Waals surface area contributed by atoms with Crippen molar-refractivity contribution >= 4 is 5.91 Å². The average Bonchev–Trinajstić information content (AvgIpc) is 2.29. The van der Waals surface area contributed by atoms with Crippen LogP contribution < -0.4 is 11.1 Å². The number of carbonyl (C=O) groups excluding carboxylic acids is 1. The number of primary amides is 1. The summed E-state index contributed by atoms with van der Waals surface area (Å²) in [6.07, 6.45) is 0.691. The molecular formula is C12H19N2O+. The predicted octanol–water partition coefficient (Wildman–Crippen LogP) is 0.575. The number of quaternary nitrogens is 1. The highest BCUT2D eigenvalue weighted by Crippen LogP contribution is 2.06. The van der Waals surface area contributed by atoms with Crippen molar-refractivity contribution in [2.75, 3.05) is 0 Å². The maximum absolute atomic E-state index is 11.6. The summed E-state index contributed by atoms with van der Waals surface area (Å²) < 4.78 is 0. The highest BCUT2D eigenvalue weighted by Gasteiger charge is 2.19. The maximum Gasteiger partial charge on any atom is 0.327 e. The van der Waals surface area contributed by atoms with E-state index in [4.69, 9.17) is 5.73 Å². The summed E-state index contributed by atoms with van der Waals surface area (Å²) >= 11 is 0. The third-order valence-electron chi connectivity index (χ3n) is 2.54. The highest BCUT2D eigenvalue weighted by atomic mass is 16.2. The molecule has 0 radical (unpaired) electrons. The minimum absolute atomic E-state index is 0.0360. The Kier molecular flexibility index (Phi) is 4.46. The lowest BCUT2D eigenvalue weighted by atomic mass is 10.1. The lowest BCUT2D eigenvalue weighted by Crippen LogP contribution is -2.91. The lowest BCUT2D eigenvalue weighted by molar-refractivity contribution is -0.609. The summed E-state index contributed by atoms with van der Waals surface area (Å²) in [5, 5.41) is 1.71. The van der Waals surface area contributed by atoms with Gasteiger partial charge in [0.1, 0.15) is 12.1 Å². The number of benzene rings is 1. The number of hydrogen-bond acceptors (Lipinski definition) is 2. The van der Waals surface area contributed by atoms with E-state index in [9.17, 15) is 4.79 Å². The third kappa shape index (κ3) is 3.46. The van der Waals surface area contributed by atoms with Gasteiger partial charge in [-0.15, -0.1) is 0 Å². The van der Waals surface area contributed by atoms with Crippen molar-refractivity contribution in [2.24, 2.45) is 5.73 Å². The van der Waals surface area contributed by atoms with E-state index in [0.29, 0.717) is 6.42 Å². The maximum atomic E-state index is 11.6. The van der Waals surface area contributed by atoms with Gasteiger partial charge in [-0.2, -0.15) is 0 Å². The Bertz CT molecular complexity index is 311. The number of carbonyl (C=O) groups is 1. The molecule has 3 heteroatoms. The van der Waals surface area contributed by atoms with Crippen molar-refractivity contribution in [3.63, 3.8) is 0 Å². The van der Waals surface area contributed by atoms with E-state index in [2.05, 4.69) is 0 Å². The molecule has 0 spiro atoms. The molecule has 15 heavy (non-hydrogen) atoms. The molecule has 1 unspecified atom stereocenters. The Labute approximate surface area is 90.7 Å². The Hall–Kier alpha value is -1.19. The normalized spacial score (nSPS) is 14.6. The first kappa shape index (κ1) is 11.9. The summed E-state index contributed by atoms with van der Waals surface area (Å²) in [5.41, 5.74) is 6.81. The zero-order chi connectivity index (χ0) is 11.3. The SMILES string of the molecule is CC[C@@H](N)C(=O)[NH2+]C(C)c1ccccc1. The van der Waals surface area contributed by atoms with E-state index in [1.165, 1.54) is 0 Å². The summed E-state index contributed by atoms with van der Waals surface area (Å²) in [5.74, 6) is 0.0360. The second-order valence-electron chi connectivity index (χ2n) is 3.78. The van der Waals surface area contributed by atoms with Gasteiger partial charge >= 0.3 is 5.91 Å². The van der Waals surface area contributed by atoms with Crippen LogP contribution in [0.1, 0.15) is 31.9 Å². The van der Waals surface area contributed by atoms with Crippen molar-refractivity contribution in [1.82, 2.24) is 0 Å². The molecule has 0 bridgehead atoms. The van der Waals surface area contributed by atoms with Crippen LogP contribution in [0.2, 0.25) is 0 Å². The molecule has 1 aromatic carbocycles. The van der Waals surface area contributed by atoms with Gasteiger partial charge in [-0.3, -0.25) is 5.32 Å². The fraction of sp³-hybridized carbons (Fsp3) is 0.417. The van der Waals surface area contributed by atoms with Gasteiger partial charge in [-0.05, 0) is 13.3 Å². The second-order valence-corrected chi connectivity index (χ2v) is 3.78. The van der Waals surface area contributed by atoms with Crippen LogP contribution in [0.4, 0.5) is 0 Å². The first-order chi connectivity index (χ1) is 7.15. The van der Waals surface area contributed by atoms with E-state index in [-0.39, 0.29) is 18.0 Å². The van der Waals surface area contributed by atoms with Crippen LogP contribution in [0, 0.1) is 0 Å². The van der Waals surface area contributed by atoms with Crippen molar-refractivity contribution in [2.45, 2.75) is 32.4 Å². The zero-order valence-corrected chi connectivity index (χ0v) is 9.31. The lowest BCUT2D eigenvalue weighted by Gasteiger charge is -2.11. The summed E-state index contributed by atoms with van der Waals surface area (Å²) in [4.78, 5) is 11.6. The van der Waals surface area contributed by atoms with Gasteiger partial charge in [0.15, 0.2) is 0 Å². The van der Waals surface area contributed by atoms with E-state index >= 15 is 0 Å². The molecule has 0 fully saturated rings. The zero-order valence-electron chi connectivity index (χ0n) is 9.31. The van der Waals surface area contributed by atoms with Crippen LogP contribution in [0.5, 0.6) is 0 Å². The monoisotopic (exact) mass is 207 g/mol. The Morgan fingerprint density at radius 3 is 2.53 bits per heavy atom. The third-order valence-corrected chi connectivity index (χ3v) is 2.54. The summed E-state index contributed by atoms with van der Waals surface area (Å²) in [6.45, 7) is 3.93. The van der Waals surface area contributed by atoms with Crippen molar-refractivity contribution in [1.29, 1.82) is 0 Å². The minimum Gasteiger partial charge on any atom is -0.316 e. The largest absolute Gasteiger partial charge is 0.327 e. The van der Waals surface area contributed by atoms with E-state index in [0.717, 1.165) is 5.56 Å². The van der Waals surface area contributed by atoms with E-state index in [1.54, 1.807) is 5.32 Å². The van der Waals surface area contributed by atoms with Crippen LogP contribution in [0.25, 0.3) is 0 Å². The molecule has 1 amide bonds. The van der Waals surface area contributed by atoms with Gasteiger partial charge in [0.25, 0.3) is 0 Å². The number of hydrogen-bond donors (Lipinski definition) is 2. The first-order valence-electron chi connectivity index (χ1n) is 5.34. The summed E-state index contributed by atoms with van der Waals surface area (Å²) in [6, 6.07) is 9.74. The smallest absolute Gasteiger partial charge is 0.316 e. The summed E-state index contributed by atoms with van der Waals surface area (Å²) in [7, 11) is 0. The van der Waals surface area contributed by atoms with Crippen molar-refractivity contribution < 1.29 is 10.1 Å². The van der Waals surface area contributed by atoms with Gasteiger partial charge in [0.05, 0.1) is 0 Å². The molecule has 0 heterocycles. The Morgan fingerprint density at radius 2 is 2.00 bits per heavy atom. The van der Waals surface area contributed by atoms with Crippen LogP contribution >= 0.6 is 0 Å². The number of amides is 1. The van der Waals surface area contributed by atoms with Crippen molar-refractivity contribution in [3.8, 4) is 0 Å². The van der Waals surface area contributed by atoms with Crippen molar-refractivity contribution in [3.05, 3.63) is 35.9 Å². The molecule has 2 atom stereocenters. The molecule has 0 aromatic heterocycles. The highest BCUT2D eigenvalue weighted by molar-refractivity contribution is 5.71. The number of nitrogens with two attached hydrogens (primary N) is 2. The van der Waals surface area contributed by atoms with Crippen LogP contribution in [0.15, 0.2) is 30.3 Å². The molecule has 0 aliphatic rings. The second kappa shape index (κ2) is 5.63. The van der Waals surface area contributed by atoms with E-state index in [1.807, 2.05) is 44.2 Å².